The Hall–Kier alpha value is -4.42. The zero-order valence-corrected chi connectivity index (χ0v) is 25.2. The number of nitriles is 1. The molecule has 0 saturated carbocycles. The van der Waals surface area contributed by atoms with Gasteiger partial charge in [-0.1, -0.05) is 55.8 Å². The second kappa shape index (κ2) is 13.0. The summed E-state index contributed by atoms with van der Waals surface area (Å²) in [6.45, 7) is 8.85. The van der Waals surface area contributed by atoms with Gasteiger partial charge in [0.1, 0.15) is 10.7 Å². The van der Waals surface area contributed by atoms with Crippen LogP contribution in [0.15, 0.2) is 70.0 Å². The lowest BCUT2D eigenvalue weighted by atomic mass is 10.0. The van der Waals surface area contributed by atoms with Crippen LogP contribution in [-0.2, 0) is 0 Å². The lowest BCUT2D eigenvalue weighted by Crippen LogP contribution is -2.30. The Kier molecular flexibility index (Phi) is 9.03. The topological polar surface area (TPSA) is 109 Å². The third-order valence-electron chi connectivity index (χ3n) is 7.29. The van der Waals surface area contributed by atoms with E-state index in [2.05, 4.69) is 53.3 Å². The predicted molar refractivity (Wildman–Crippen MR) is 164 cm³/mol. The largest absolute Gasteiger partial charge is 0.419 e. The fraction of sp³-hybridized carbons (Fsp3) is 0.333. The summed E-state index contributed by atoms with van der Waals surface area (Å²) >= 11 is 1.59. The molecule has 0 N–H and O–H groups in total. The number of rotatable bonds is 9. The van der Waals surface area contributed by atoms with Gasteiger partial charge >= 0.3 is 0 Å². The Labute approximate surface area is 250 Å². The van der Waals surface area contributed by atoms with Gasteiger partial charge in [-0.3, -0.25) is 4.79 Å². The maximum absolute atomic E-state index is 14.0. The van der Waals surface area contributed by atoms with Gasteiger partial charge in [-0.15, -0.1) is 21.5 Å². The van der Waals surface area contributed by atoms with E-state index >= 15 is 0 Å². The molecule has 0 aliphatic carbocycles. The zero-order valence-electron chi connectivity index (χ0n) is 24.4. The first-order valence-electron chi connectivity index (χ1n) is 14.3. The van der Waals surface area contributed by atoms with E-state index < -0.39 is 0 Å². The highest BCUT2D eigenvalue weighted by Gasteiger charge is 2.33. The number of aromatic nitrogens is 4. The molecular formula is C33H34N6O2S. The highest BCUT2D eigenvalue weighted by molar-refractivity contribution is 7.09. The minimum Gasteiger partial charge on any atom is -0.419 e. The molecule has 1 aliphatic heterocycles. The van der Waals surface area contributed by atoms with Gasteiger partial charge in [0.05, 0.1) is 23.4 Å². The lowest BCUT2D eigenvalue weighted by Gasteiger charge is -2.23. The summed E-state index contributed by atoms with van der Waals surface area (Å²) in [5, 5.41) is 21.4. The molecule has 2 atom stereocenters. The van der Waals surface area contributed by atoms with Gasteiger partial charge in [-0.05, 0) is 57.7 Å². The summed E-state index contributed by atoms with van der Waals surface area (Å²) in [7, 11) is 0. The van der Waals surface area contributed by atoms with Gasteiger partial charge in [-0.2, -0.15) is 5.26 Å². The number of allylic oxidation sites excluding steroid dienone is 4. The van der Waals surface area contributed by atoms with Crippen molar-refractivity contribution in [1.29, 1.82) is 5.26 Å². The number of carbonyl (C=O) groups excluding carboxylic acids is 1. The predicted octanol–water partition coefficient (Wildman–Crippen LogP) is 7.82. The lowest BCUT2D eigenvalue weighted by molar-refractivity contribution is 0.0735. The number of hydrogen-bond acceptors (Lipinski definition) is 8. The number of benzene rings is 1. The van der Waals surface area contributed by atoms with Crippen molar-refractivity contribution >= 4 is 17.2 Å². The number of amides is 1. The second-order valence-corrected chi connectivity index (χ2v) is 11.6. The molecule has 214 valence electrons. The molecule has 4 aromatic rings. The van der Waals surface area contributed by atoms with E-state index in [9.17, 15) is 10.1 Å². The van der Waals surface area contributed by atoms with Crippen LogP contribution in [0.5, 0.6) is 0 Å². The van der Waals surface area contributed by atoms with E-state index in [4.69, 9.17) is 9.40 Å². The van der Waals surface area contributed by atoms with Crippen LogP contribution in [-0.4, -0.2) is 37.5 Å². The van der Waals surface area contributed by atoms with Crippen molar-refractivity contribution in [3.63, 3.8) is 0 Å². The summed E-state index contributed by atoms with van der Waals surface area (Å²) in [4.78, 5) is 25.4. The van der Waals surface area contributed by atoms with Crippen LogP contribution in [0.2, 0.25) is 0 Å². The van der Waals surface area contributed by atoms with Gasteiger partial charge in [0.15, 0.2) is 0 Å². The van der Waals surface area contributed by atoms with E-state index in [0.29, 0.717) is 40.5 Å². The first-order chi connectivity index (χ1) is 20.4. The second-order valence-electron chi connectivity index (χ2n) is 10.7. The van der Waals surface area contributed by atoms with Crippen molar-refractivity contribution in [2.45, 2.75) is 65.3 Å². The average Bonchev–Trinajstić information content (AvgIpc) is 3.78. The van der Waals surface area contributed by atoms with Gasteiger partial charge in [0, 0.05) is 34.7 Å². The van der Waals surface area contributed by atoms with Crippen LogP contribution in [0.25, 0.3) is 22.8 Å². The van der Waals surface area contributed by atoms with Crippen molar-refractivity contribution in [1.82, 2.24) is 25.1 Å². The number of nitrogens with zero attached hydrogens (tertiary/aromatic N) is 6. The number of pyridine rings is 1. The number of likely N-dealkylation sites (tertiary alicyclic amines) is 1. The molecule has 9 heteroatoms. The third kappa shape index (κ3) is 6.39. The molecule has 0 radical (unpaired) electrons. The molecular weight excluding hydrogens is 544 g/mol. The quantitative estimate of drug-likeness (QED) is 0.186. The van der Waals surface area contributed by atoms with Crippen LogP contribution >= 0.6 is 11.3 Å². The van der Waals surface area contributed by atoms with Crippen molar-refractivity contribution in [3.05, 3.63) is 93.3 Å². The van der Waals surface area contributed by atoms with E-state index in [1.807, 2.05) is 42.3 Å². The Morgan fingerprint density at radius 3 is 2.81 bits per heavy atom. The minimum atomic E-state index is -0.112. The summed E-state index contributed by atoms with van der Waals surface area (Å²) in [6, 6.07) is 12.9. The van der Waals surface area contributed by atoms with Gasteiger partial charge in [-0.25, -0.2) is 9.97 Å². The van der Waals surface area contributed by atoms with E-state index in [1.54, 1.807) is 29.5 Å². The Morgan fingerprint density at radius 1 is 1.24 bits per heavy atom. The highest BCUT2D eigenvalue weighted by atomic mass is 32.1. The third-order valence-corrected chi connectivity index (χ3v) is 8.36. The monoisotopic (exact) mass is 578 g/mol. The smallest absolute Gasteiger partial charge is 0.266 e. The van der Waals surface area contributed by atoms with Crippen molar-refractivity contribution in [2.75, 3.05) is 6.54 Å². The highest BCUT2D eigenvalue weighted by Crippen LogP contribution is 2.36. The standard InChI is InChI=1S/C33H34N6O2S/c1-5-6-7-11-21(2)16-22(3)30-37-38-31(41-30)28-18-25(17-27(36-28)26-13-9-8-12-24(26)19-34)33(40)39-15-10-14-29(39)32-35-23(4)20-42-32/h6-9,11-13,17-18,20,22,29H,5,10,14-16H2,1-4H3/b7-6-,21-11+. The summed E-state index contributed by atoms with van der Waals surface area (Å²) in [6.07, 6.45) is 9.82. The fourth-order valence-corrected chi connectivity index (χ4v) is 6.15. The Morgan fingerprint density at radius 2 is 2.05 bits per heavy atom. The molecule has 8 nitrogen and oxygen atoms in total. The van der Waals surface area contributed by atoms with Gasteiger partial charge in [0.25, 0.3) is 11.8 Å². The SMILES string of the molecule is CC/C=C\C=C(/C)CC(C)c1nnc(-c2cc(C(=O)N3CCCC3c3nc(C)cs3)cc(-c3ccccc3C#N)n2)o1. The Bertz CT molecular complexity index is 1680. The fourth-order valence-electron chi connectivity index (χ4n) is 5.21. The molecule has 1 saturated heterocycles. The first-order valence-corrected chi connectivity index (χ1v) is 15.2. The first kappa shape index (κ1) is 29.1. The van der Waals surface area contributed by atoms with Crippen molar-refractivity contribution in [2.24, 2.45) is 0 Å². The van der Waals surface area contributed by atoms with Gasteiger partial charge in [0.2, 0.25) is 5.89 Å². The van der Waals surface area contributed by atoms with Gasteiger partial charge < -0.3 is 9.32 Å². The maximum Gasteiger partial charge on any atom is 0.266 e. The van der Waals surface area contributed by atoms with Crippen molar-refractivity contribution in [3.8, 4) is 28.9 Å². The summed E-state index contributed by atoms with van der Waals surface area (Å²) in [5.41, 5.74) is 4.63. The maximum atomic E-state index is 14.0. The molecule has 42 heavy (non-hydrogen) atoms. The molecule has 5 rings (SSSR count). The summed E-state index contributed by atoms with van der Waals surface area (Å²) in [5.74, 6) is 0.642. The van der Waals surface area contributed by atoms with Crippen LogP contribution in [0.3, 0.4) is 0 Å². The van der Waals surface area contributed by atoms with E-state index in [0.717, 1.165) is 36.4 Å². The van der Waals surface area contributed by atoms with E-state index in [1.165, 1.54) is 5.57 Å². The molecule has 1 aliphatic rings. The number of aryl methyl sites for hydroxylation is 1. The normalized spacial score (nSPS) is 16.2. The number of carbonyl (C=O) groups is 1. The van der Waals surface area contributed by atoms with Crippen LogP contribution in [0.1, 0.15) is 90.9 Å². The minimum absolute atomic E-state index is 0.00763. The molecule has 3 aromatic heterocycles. The molecule has 4 heterocycles. The van der Waals surface area contributed by atoms with Crippen molar-refractivity contribution < 1.29 is 9.21 Å². The van der Waals surface area contributed by atoms with Crippen LogP contribution in [0.4, 0.5) is 0 Å². The number of thiazole rings is 1. The molecule has 1 amide bonds. The molecule has 0 bridgehead atoms. The molecule has 1 aromatic carbocycles. The molecule has 1 fully saturated rings. The van der Waals surface area contributed by atoms with E-state index in [-0.39, 0.29) is 23.8 Å². The average molecular weight is 579 g/mol. The summed E-state index contributed by atoms with van der Waals surface area (Å²) < 4.78 is 6.13. The van der Waals surface area contributed by atoms with Crippen LogP contribution < -0.4 is 0 Å². The molecule has 2 unspecified atom stereocenters. The van der Waals surface area contributed by atoms with Crippen LogP contribution in [0, 0.1) is 18.3 Å². The number of hydrogen-bond donors (Lipinski definition) is 0. The Balaban J connectivity index is 1.51. The zero-order chi connectivity index (χ0) is 29.6. The molecule has 0 spiro atoms.